The minimum absolute atomic E-state index is 0.225. The predicted molar refractivity (Wildman–Crippen MR) is 98.2 cm³/mol. The standard InChI is InChI=1S/C20H30N2O3/c1-20(2,3)25-19(23)21-17-7-11-22(12-8-17)10-6-15-4-5-18-16(14-15)9-13-24-18/h4-5,14,17H,6-13H2,1-3H3,(H,21,23). The summed E-state index contributed by atoms with van der Waals surface area (Å²) in [6, 6.07) is 6.80. The van der Waals surface area contributed by atoms with Crippen LogP contribution in [0.5, 0.6) is 5.75 Å². The van der Waals surface area contributed by atoms with Crippen molar-refractivity contribution in [2.24, 2.45) is 0 Å². The van der Waals surface area contributed by atoms with Crippen molar-refractivity contribution in [1.82, 2.24) is 10.2 Å². The van der Waals surface area contributed by atoms with Crippen molar-refractivity contribution >= 4 is 6.09 Å². The molecule has 25 heavy (non-hydrogen) atoms. The van der Waals surface area contributed by atoms with Gasteiger partial charge in [-0.15, -0.1) is 0 Å². The maximum absolute atomic E-state index is 11.9. The summed E-state index contributed by atoms with van der Waals surface area (Å²) >= 11 is 0. The molecule has 5 heteroatoms. The Morgan fingerprint density at radius 3 is 2.80 bits per heavy atom. The zero-order valence-electron chi connectivity index (χ0n) is 15.6. The molecule has 3 rings (SSSR count). The molecule has 0 aromatic heterocycles. The Bertz CT molecular complexity index is 601. The molecule has 1 N–H and O–H groups in total. The highest BCUT2D eigenvalue weighted by atomic mass is 16.6. The van der Waals surface area contributed by atoms with Gasteiger partial charge in [0, 0.05) is 32.1 Å². The van der Waals surface area contributed by atoms with Crippen LogP contribution in [0.1, 0.15) is 44.7 Å². The van der Waals surface area contributed by atoms with E-state index in [4.69, 9.17) is 9.47 Å². The first-order valence-corrected chi connectivity index (χ1v) is 9.35. The Hall–Kier alpha value is -1.75. The lowest BCUT2D eigenvalue weighted by atomic mass is 10.0. The molecule has 1 saturated heterocycles. The van der Waals surface area contributed by atoms with E-state index in [0.717, 1.165) is 57.7 Å². The number of hydrogen-bond donors (Lipinski definition) is 1. The molecule has 1 amide bonds. The number of piperidine rings is 1. The van der Waals surface area contributed by atoms with Crippen LogP contribution >= 0.6 is 0 Å². The Kier molecular flexibility index (Phi) is 5.52. The van der Waals surface area contributed by atoms with Gasteiger partial charge in [-0.25, -0.2) is 4.79 Å². The number of nitrogens with zero attached hydrogens (tertiary/aromatic N) is 1. The molecule has 1 fully saturated rings. The lowest BCUT2D eigenvalue weighted by molar-refractivity contribution is 0.0479. The van der Waals surface area contributed by atoms with E-state index in [2.05, 4.69) is 28.4 Å². The smallest absolute Gasteiger partial charge is 0.407 e. The van der Waals surface area contributed by atoms with Crippen molar-refractivity contribution < 1.29 is 14.3 Å². The second kappa shape index (κ2) is 7.65. The molecular weight excluding hydrogens is 316 g/mol. The maximum atomic E-state index is 11.9. The lowest BCUT2D eigenvalue weighted by Gasteiger charge is -2.32. The van der Waals surface area contributed by atoms with E-state index in [-0.39, 0.29) is 12.1 Å². The van der Waals surface area contributed by atoms with Crippen molar-refractivity contribution in [2.45, 2.75) is 58.1 Å². The van der Waals surface area contributed by atoms with Gasteiger partial charge >= 0.3 is 6.09 Å². The summed E-state index contributed by atoms with van der Waals surface area (Å²) in [6.45, 7) is 9.60. The largest absolute Gasteiger partial charge is 0.493 e. The highest BCUT2D eigenvalue weighted by molar-refractivity contribution is 5.68. The number of benzene rings is 1. The quantitative estimate of drug-likeness (QED) is 0.910. The van der Waals surface area contributed by atoms with E-state index in [0.29, 0.717) is 0 Å². The first-order valence-electron chi connectivity index (χ1n) is 9.35. The number of carbonyl (C=O) groups excluding carboxylic acids is 1. The van der Waals surface area contributed by atoms with E-state index in [1.54, 1.807) is 0 Å². The fraction of sp³-hybridized carbons (Fsp3) is 0.650. The molecule has 2 aliphatic rings. The van der Waals surface area contributed by atoms with Crippen LogP contribution in [0, 0.1) is 0 Å². The number of rotatable bonds is 4. The van der Waals surface area contributed by atoms with Gasteiger partial charge in [0.15, 0.2) is 0 Å². The molecule has 1 aromatic carbocycles. The maximum Gasteiger partial charge on any atom is 0.407 e. The topological polar surface area (TPSA) is 50.8 Å². The number of alkyl carbamates (subject to hydrolysis) is 1. The second-order valence-electron chi connectivity index (χ2n) is 8.05. The number of ether oxygens (including phenoxy) is 2. The summed E-state index contributed by atoms with van der Waals surface area (Å²) in [5.41, 5.74) is 2.29. The molecule has 2 heterocycles. The third-order valence-corrected chi connectivity index (χ3v) is 4.78. The van der Waals surface area contributed by atoms with Crippen molar-refractivity contribution in [3.8, 4) is 5.75 Å². The lowest BCUT2D eigenvalue weighted by Crippen LogP contribution is -2.46. The van der Waals surface area contributed by atoms with E-state index in [9.17, 15) is 4.79 Å². The van der Waals surface area contributed by atoms with Crippen molar-refractivity contribution in [3.63, 3.8) is 0 Å². The Balaban J connectivity index is 1.39. The van der Waals surface area contributed by atoms with Crippen molar-refractivity contribution in [1.29, 1.82) is 0 Å². The number of hydrogen-bond acceptors (Lipinski definition) is 4. The summed E-state index contributed by atoms with van der Waals surface area (Å²) in [5.74, 6) is 1.05. The molecule has 138 valence electrons. The molecule has 0 spiro atoms. The van der Waals surface area contributed by atoms with Crippen molar-refractivity contribution in [2.75, 3.05) is 26.2 Å². The number of amides is 1. The van der Waals surface area contributed by atoms with Crippen LogP contribution in [-0.4, -0.2) is 48.9 Å². The average molecular weight is 346 g/mol. The highest BCUT2D eigenvalue weighted by Crippen LogP contribution is 2.26. The zero-order chi connectivity index (χ0) is 17.9. The van der Waals surface area contributed by atoms with Crippen LogP contribution < -0.4 is 10.1 Å². The van der Waals surface area contributed by atoms with Gasteiger partial charge in [-0.3, -0.25) is 0 Å². The summed E-state index contributed by atoms with van der Waals surface area (Å²) in [6.07, 6.45) is 3.77. The molecule has 0 unspecified atom stereocenters. The minimum atomic E-state index is -0.439. The number of carbonyl (C=O) groups is 1. The van der Waals surface area contributed by atoms with Crippen LogP contribution in [0.4, 0.5) is 4.79 Å². The number of fused-ring (bicyclic) bond motifs is 1. The summed E-state index contributed by atoms with van der Waals surface area (Å²) in [4.78, 5) is 14.3. The van der Waals surface area contributed by atoms with Gasteiger partial charge in [0.25, 0.3) is 0 Å². The second-order valence-corrected chi connectivity index (χ2v) is 8.05. The highest BCUT2D eigenvalue weighted by Gasteiger charge is 2.23. The molecule has 0 saturated carbocycles. The SMILES string of the molecule is CC(C)(C)OC(=O)NC1CCN(CCc2ccc3c(c2)CCO3)CC1. The molecule has 0 bridgehead atoms. The van der Waals surface area contributed by atoms with Gasteiger partial charge in [0.1, 0.15) is 11.4 Å². The summed E-state index contributed by atoms with van der Waals surface area (Å²) in [7, 11) is 0. The van der Waals surface area contributed by atoms with E-state index < -0.39 is 5.60 Å². The van der Waals surface area contributed by atoms with Crippen molar-refractivity contribution in [3.05, 3.63) is 29.3 Å². The fourth-order valence-electron chi connectivity index (χ4n) is 3.46. The molecule has 2 aliphatic heterocycles. The Morgan fingerprint density at radius 2 is 2.08 bits per heavy atom. The first kappa shape index (κ1) is 18.1. The van der Waals surface area contributed by atoms with Gasteiger partial charge in [-0.1, -0.05) is 12.1 Å². The molecule has 0 atom stereocenters. The van der Waals surface area contributed by atoms with Gasteiger partial charge in [-0.2, -0.15) is 0 Å². The van der Waals surface area contributed by atoms with Crippen LogP contribution in [0.2, 0.25) is 0 Å². The van der Waals surface area contributed by atoms with E-state index in [1.165, 1.54) is 11.1 Å². The average Bonchev–Trinajstić information content (AvgIpc) is 3.00. The van der Waals surface area contributed by atoms with E-state index in [1.807, 2.05) is 20.8 Å². The van der Waals surface area contributed by atoms with Crippen LogP contribution in [0.15, 0.2) is 18.2 Å². The summed E-state index contributed by atoms with van der Waals surface area (Å²) < 4.78 is 10.9. The summed E-state index contributed by atoms with van der Waals surface area (Å²) in [5, 5.41) is 3.00. The van der Waals surface area contributed by atoms with E-state index >= 15 is 0 Å². The van der Waals surface area contributed by atoms with Crippen LogP contribution in [0.3, 0.4) is 0 Å². The van der Waals surface area contributed by atoms with Crippen LogP contribution in [0.25, 0.3) is 0 Å². The zero-order valence-corrected chi connectivity index (χ0v) is 15.6. The Labute approximate surface area is 150 Å². The normalized spacial score (nSPS) is 18.5. The van der Waals surface area contributed by atoms with Gasteiger partial charge < -0.3 is 19.7 Å². The third-order valence-electron chi connectivity index (χ3n) is 4.78. The Morgan fingerprint density at radius 1 is 1.32 bits per heavy atom. The third kappa shape index (κ3) is 5.36. The molecule has 0 radical (unpaired) electrons. The molecular formula is C20H30N2O3. The first-order chi connectivity index (χ1) is 11.9. The van der Waals surface area contributed by atoms with Gasteiger partial charge in [0.05, 0.1) is 6.61 Å². The van der Waals surface area contributed by atoms with Crippen LogP contribution in [-0.2, 0) is 17.6 Å². The van der Waals surface area contributed by atoms with Gasteiger partial charge in [0.2, 0.25) is 0 Å². The minimum Gasteiger partial charge on any atom is -0.493 e. The molecule has 0 aliphatic carbocycles. The number of nitrogens with one attached hydrogen (secondary N) is 1. The predicted octanol–water partition coefficient (Wildman–Crippen LogP) is 3.15. The fourth-order valence-corrected chi connectivity index (χ4v) is 3.46. The van der Waals surface area contributed by atoms with Gasteiger partial charge in [-0.05, 0) is 57.2 Å². The number of likely N-dealkylation sites (tertiary alicyclic amines) is 1. The molecule has 5 nitrogen and oxygen atoms in total. The monoisotopic (exact) mass is 346 g/mol. The molecule has 1 aromatic rings.